The highest BCUT2D eigenvalue weighted by molar-refractivity contribution is 7.88. The molecule has 9 nitrogen and oxygen atoms in total. The molecule has 0 aromatic carbocycles. The van der Waals surface area contributed by atoms with Crippen molar-refractivity contribution in [3.05, 3.63) is 0 Å². The van der Waals surface area contributed by atoms with Gasteiger partial charge in [-0.2, -0.15) is 0 Å². The Morgan fingerprint density at radius 1 is 1.19 bits per heavy atom. The van der Waals surface area contributed by atoms with Crippen LogP contribution in [-0.2, 0) is 33.9 Å². The van der Waals surface area contributed by atoms with Gasteiger partial charge in [-0.05, 0) is 40.5 Å². The molecule has 10 heteroatoms. The first-order chi connectivity index (χ1) is 12.3. The number of hydrogen-bond donors (Lipinski definition) is 1. The molecule has 1 aliphatic carbocycles. The van der Waals surface area contributed by atoms with Crippen LogP contribution in [0.1, 0.15) is 53.4 Å². The minimum absolute atomic E-state index is 0.00805. The molecule has 1 aliphatic rings. The van der Waals surface area contributed by atoms with E-state index in [-0.39, 0.29) is 25.6 Å². The van der Waals surface area contributed by atoms with Crippen molar-refractivity contribution in [2.75, 3.05) is 19.4 Å². The third-order valence-corrected chi connectivity index (χ3v) is 4.29. The molecule has 0 radical (unpaired) electrons. The van der Waals surface area contributed by atoms with Gasteiger partial charge < -0.3 is 14.4 Å². The van der Waals surface area contributed by atoms with Crippen LogP contribution in [0.25, 0.3) is 0 Å². The van der Waals surface area contributed by atoms with Gasteiger partial charge in [-0.1, -0.05) is 0 Å². The fourth-order valence-corrected chi connectivity index (χ4v) is 3.19. The number of hydrogen-bond acceptors (Lipinski definition) is 7. The summed E-state index contributed by atoms with van der Waals surface area (Å²) in [7, 11) is -3.73. The van der Waals surface area contributed by atoms with E-state index in [4.69, 9.17) is 9.47 Å². The van der Waals surface area contributed by atoms with Crippen molar-refractivity contribution in [2.45, 2.75) is 71.1 Å². The quantitative estimate of drug-likeness (QED) is 0.527. The van der Waals surface area contributed by atoms with E-state index in [0.29, 0.717) is 0 Å². The number of amides is 1. The zero-order valence-electron chi connectivity index (χ0n) is 16.6. The second-order valence-electron chi connectivity index (χ2n) is 7.55. The summed E-state index contributed by atoms with van der Waals surface area (Å²) in [5.41, 5.74) is -0.754. The molecule has 0 saturated heterocycles. The first-order valence-corrected chi connectivity index (χ1v) is 10.9. The topological polar surface area (TPSA) is 119 Å². The van der Waals surface area contributed by atoms with Crippen LogP contribution in [0.5, 0.6) is 0 Å². The number of nitrogens with zero attached hydrogens (tertiary/aromatic N) is 1. The summed E-state index contributed by atoms with van der Waals surface area (Å²) in [5, 5.41) is 0. The summed E-state index contributed by atoms with van der Waals surface area (Å²) in [4.78, 5) is 38.1. The van der Waals surface area contributed by atoms with Crippen molar-refractivity contribution < 1.29 is 32.3 Å². The smallest absolute Gasteiger partial charge is 0.308 e. The van der Waals surface area contributed by atoms with Gasteiger partial charge in [-0.25, -0.2) is 13.1 Å². The molecule has 1 rings (SSSR count). The van der Waals surface area contributed by atoms with E-state index < -0.39 is 45.9 Å². The fraction of sp³-hybridized carbons (Fsp3) is 0.824. The van der Waals surface area contributed by atoms with Gasteiger partial charge in [0.2, 0.25) is 15.9 Å². The Morgan fingerprint density at radius 3 is 2.22 bits per heavy atom. The summed E-state index contributed by atoms with van der Waals surface area (Å²) >= 11 is 0. The van der Waals surface area contributed by atoms with E-state index in [9.17, 15) is 22.8 Å². The molecule has 0 aromatic heterocycles. The van der Waals surface area contributed by atoms with Crippen molar-refractivity contribution in [3.63, 3.8) is 0 Å². The average molecular weight is 407 g/mol. The number of nitrogens with one attached hydrogen (secondary N) is 1. The number of sulfonamides is 1. The molecule has 1 amide bonds. The Bertz CT molecular complexity index is 651. The molecule has 1 N–H and O–H groups in total. The maximum atomic E-state index is 12.9. The number of carbonyl (C=O) groups is 3. The van der Waals surface area contributed by atoms with E-state index in [2.05, 4.69) is 4.72 Å². The van der Waals surface area contributed by atoms with Gasteiger partial charge in [0.1, 0.15) is 11.6 Å². The Balaban J connectivity index is 2.88. The Labute approximate surface area is 160 Å². The highest BCUT2D eigenvalue weighted by atomic mass is 32.2. The lowest BCUT2D eigenvalue weighted by molar-refractivity contribution is -0.157. The summed E-state index contributed by atoms with van der Waals surface area (Å²) in [6.45, 7) is 7.09. The van der Waals surface area contributed by atoms with Gasteiger partial charge >= 0.3 is 11.9 Å². The Hall–Kier alpha value is -1.68. The third kappa shape index (κ3) is 9.71. The van der Waals surface area contributed by atoms with E-state index in [1.54, 1.807) is 27.7 Å². The largest absolute Gasteiger partial charge is 0.466 e. The molecule has 0 bridgehead atoms. The molecule has 1 saturated carbocycles. The van der Waals surface area contributed by atoms with Gasteiger partial charge in [0, 0.05) is 12.6 Å². The SMILES string of the molecule is CCOC(=O)CCN(C(=O)[C@H](CC(=O)OC(C)(C)C)NS(C)(=O)=O)C1CC1. The summed E-state index contributed by atoms with van der Waals surface area (Å²) in [6, 6.07) is -1.34. The van der Waals surface area contributed by atoms with E-state index in [0.717, 1.165) is 19.1 Å². The van der Waals surface area contributed by atoms with Crippen LogP contribution in [0.2, 0.25) is 0 Å². The van der Waals surface area contributed by atoms with Crippen molar-refractivity contribution in [1.82, 2.24) is 9.62 Å². The molecule has 27 heavy (non-hydrogen) atoms. The van der Waals surface area contributed by atoms with Crippen molar-refractivity contribution in [1.29, 1.82) is 0 Å². The standard InChI is InChI=1S/C17H30N2O7S/c1-6-25-14(20)9-10-19(12-7-8-12)16(22)13(18-27(5,23)24)11-15(21)26-17(2,3)4/h12-13,18H,6-11H2,1-5H3/t13-/m0/s1. The molecule has 0 aromatic rings. The predicted molar refractivity (Wildman–Crippen MR) is 98.2 cm³/mol. The van der Waals surface area contributed by atoms with Crippen LogP contribution in [0.4, 0.5) is 0 Å². The number of rotatable bonds is 10. The fourth-order valence-electron chi connectivity index (χ4n) is 2.49. The van der Waals surface area contributed by atoms with Gasteiger partial charge in [-0.3, -0.25) is 14.4 Å². The number of esters is 2. The maximum absolute atomic E-state index is 12.9. The van der Waals surface area contributed by atoms with Crippen molar-refractivity contribution >= 4 is 27.9 Å². The second kappa shape index (κ2) is 9.50. The average Bonchev–Trinajstić information content (AvgIpc) is 3.28. The molecule has 0 spiro atoms. The predicted octanol–water partition coefficient (Wildman–Crippen LogP) is 0.580. The van der Waals surface area contributed by atoms with Crippen LogP contribution in [0.3, 0.4) is 0 Å². The van der Waals surface area contributed by atoms with E-state index >= 15 is 0 Å². The molecule has 0 unspecified atom stereocenters. The van der Waals surface area contributed by atoms with Crippen LogP contribution < -0.4 is 4.72 Å². The first kappa shape index (κ1) is 23.4. The maximum Gasteiger partial charge on any atom is 0.308 e. The van der Waals surface area contributed by atoms with Gasteiger partial charge in [0.15, 0.2) is 0 Å². The molecular formula is C17H30N2O7S. The van der Waals surface area contributed by atoms with Crippen molar-refractivity contribution in [3.8, 4) is 0 Å². The van der Waals surface area contributed by atoms with Gasteiger partial charge in [0.05, 0.1) is 25.7 Å². The van der Waals surface area contributed by atoms with Crippen LogP contribution in [-0.4, -0.2) is 68.3 Å². The normalized spacial score (nSPS) is 15.7. The summed E-state index contributed by atoms with van der Waals surface area (Å²) in [5.74, 6) is -1.66. The Kier molecular flexibility index (Phi) is 8.22. The van der Waals surface area contributed by atoms with Crippen LogP contribution in [0, 0.1) is 0 Å². The molecular weight excluding hydrogens is 376 g/mol. The monoisotopic (exact) mass is 406 g/mol. The minimum atomic E-state index is -3.73. The molecule has 1 fully saturated rings. The lowest BCUT2D eigenvalue weighted by atomic mass is 10.1. The minimum Gasteiger partial charge on any atom is -0.466 e. The third-order valence-electron chi connectivity index (χ3n) is 3.58. The summed E-state index contributed by atoms with van der Waals surface area (Å²) in [6.07, 6.45) is 2.04. The summed E-state index contributed by atoms with van der Waals surface area (Å²) < 4.78 is 35.6. The van der Waals surface area contributed by atoms with Crippen LogP contribution >= 0.6 is 0 Å². The number of ether oxygens (including phenoxy) is 2. The zero-order chi connectivity index (χ0) is 20.8. The lowest BCUT2D eigenvalue weighted by Gasteiger charge is -2.28. The van der Waals surface area contributed by atoms with E-state index in [1.807, 2.05) is 0 Å². The first-order valence-electron chi connectivity index (χ1n) is 8.97. The molecule has 1 atom stereocenters. The van der Waals surface area contributed by atoms with Crippen LogP contribution in [0.15, 0.2) is 0 Å². The second-order valence-corrected chi connectivity index (χ2v) is 9.33. The number of carbonyl (C=O) groups excluding carboxylic acids is 3. The van der Waals surface area contributed by atoms with Gasteiger partial charge in [-0.15, -0.1) is 0 Å². The lowest BCUT2D eigenvalue weighted by Crippen LogP contribution is -2.50. The zero-order valence-corrected chi connectivity index (χ0v) is 17.4. The molecule has 0 aliphatic heterocycles. The van der Waals surface area contributed by atoms with E-state index in [1.165, 1.54) is 4.90 Å². The van der Waals surface area contributed by atoms with Crippen molar-refractivity contribution in [2.24, 2.45) is 0 Å². The van der Waals surface area contributed by atoms with Gasteiger partial charge in [0.25, 0.3) is 0 Å². The molecule has 0 heterocycles. The highest BCUT2D eigenvalue weighted by Crippen LogP contribution is 2.28. The Morgan fingerprint density at radius 2 is 1.78 bits per heavy atom. The molecule has 156 valence electrons. The highest BCUT2D eigenvalue weighted by Gasteiger charge is 2.38.